The van der Waals surface area contributed by atoms with Crippen molar-refractivity contribution in [2.24, 2.45) is 5.92 Å². The molecule has 0 aliphatic heterocycles. The predicted octanol–water partition coefficient (Wildman–Crippen LogP) is 1.78. The quantitative estimate of drug-likeness (QED) is 0.607. The summed E-state index contributed by atoms with van der Waals surface area (Å²) in [6.45, 7) is 1.74. The molecule has 2 rings (SSSR count). The number of nitrogens with zero attached hydrogens (tertiary/aromatic N) is 3. The van der Waals surface area contributed by atoms with Crippen molar-refractivity contribution in [2.75, 3.05) is 7.05 Å². The van der Waals surface area contributed by atoms with Gasteiger partial charge in [0.05, 0.1) is 11.0 Å². The van der Waals surface area contributed by atoms with Crippen molar-refractivity contribution in [1.29, 1.82) is 0 Å². The lowest BCUT2D eigenvalue weighted by atomic mass is 10.1. The van der Waals surface area contributed by atoms with Crippen LogP contribution in [0.15, 0.2) is 24.3 Å². The van der Waals surface area contributed by atoms with E-state index in [9.17, 15) is 25.0 Å². The highest BCUT2D eigenvalue weighted by Gasteiger charge is 2.54. The summed E-state index contributed by atoms with van der Waals surface area (Å²) in [5.74, 6) is -0.873. The number of amides is 1. The van der Waals surface area contributed by atoms with E-state index in [2.05, 4.69) is 0 Å². The summed E-state index contributed by atoms with van der Waals surface area (Å²) < 4.78 is 0. The van der Waals surface area contributed by atoms with Gasteiger partial charge in [-0.2, -0.15) is 0 Å². The Balaban J connectivity index is 2.11. The van der Waals surface area contributed by atoms with Crippen LogP contribution in [0, 0.1) is 26.1 Å². The van der Waals surface area contributed by atoms with Gasteiger partial charge in [-0.15, -0.1) is 0 Å². The molecule has 1 aliphatic carbocycles. The van der Waals surface area contributed by atoms with E-state index in [1.165, 1.54) is 17.0 Å². The molecule has 0 radical (unpaired) electrons. The van der Waals surface area contributed by atoms with Crippen LogP contribution in [0.4, 0.5) is 5.69 Å². The van der Waals surface area contributed by atoms with E-state index in [1.807, 2.05) is 0 Å². The summed E-state index contributed by atoms with van der Waals surface area (Å²) in [6, 6.07) is 4.86. The van der Waals surface area contributed by atoms with E-state index in [0.29, 0.717) is 5.56 Å². The van der Waals surface area contributed by atoms with Gasteiger partial charge in [0.1, 0.15) is 5.92 Å². The first-order chi connectivity index (χ1) is 9.82. The maximum absolute atomic E-state index is 12.1. The molecule has 0 aromatic heterocycles. The molecule has 1 aromatic rings. The van der Waals surface area contributed by atoms with Crippen molar-refractivity contribution in [3.05, 3.63) is 50.1 Å². The van der Waals surface area contributed by atoms with E-state index in [-0.39, 0.29) is 24.1 Å². The third-order valence-electron chi connectivity index (χ3n) is 3.84. The normalized spacial score (nSPS) is 21.4. The van der Waals surface area contributed by atoms with Crippen LogP contribution < -0.4 is 0 Å². The lowest BCUT2D eigenvalue weighted by Crippen LogP contribution is -2.32. The first kappa shape index (κ1) is 14.9. The molecule has 1 amide bonds. The zero-order valence-corrected chi connectivity index (χ0v) is 11.6. The minimum absolute atomic E-state index is 0.0465. The number of carbonyl (C=O) groups excluding carboxylic acids is 1. The van der Waals surface area contributed by atoms with E-state index < -0.39 is 21.8 Å². The molecule has 1 saturated carbocycles. The lowest BCUT2D eigenvalue weighted by molar-refractivity contribution is -0.497. The number of nitro groups is 2. The van der Waals surface area contributed by atoms with Crippen molar-refractivity contribution in [3.8, 4) is 0 Å². The smallest absolute Gasteiger partial charge is 0.269 e. The number of non-ortho nitro benzene ring substituents is 1. The van der Waals surface area contributed by atoms with Crippen LogP contribution in [0.5, 0.6) is 0 Å². The van der Waals surface area contributed by atoms with E-state index in [4.69, 9.17) is 0 Å². The third-order valence-corrected chi connectivity index (χ3v) is 3.84. The fraction of sp³-hybridized carbons (Fsp3) is 0.462. The molecule has 0 unspecified atom stereocenters. The number of hydrogen-bond acceptors (Lipinski definition) is 5. The monoisotopic (exact) mass is 293 g/mol. The zero-order chi connectivity index (χ0) is 15.7. The Bertz CT molecular complexity index is 603. The number of rotatable bonds is 5. The number of benzene rings is 1. The Hall–Kier alpha value is -2.51. The highest BCUT2D eigenvalue weighted by molar-refractivity contribution is 5.82. The van der Waals surface area contributed by atoms with Crippen LogP contribution in [0.2, 0.25) is 0 Å². The van der Waals surface area contributed by atoms with Crippen LogP contribution in [-0.4, -0.2) is 33.7 Å². The molecule has 1 fully saturated rings. The topological polar surface area (TPSA) is 107 Å². The van der Waals surface area contributed by atoms with Crippen molar-refractivity contribution >= 4 is 11.6 Å². The van der Waals surface area contributed by atoms with E-state index in [0.717, 1.165) is 0 Å². The number of carbonyl (C=O) groups is 1. The van der Waals surface area contributed by atoms with Gasteiger partial charge >= 0.3 is 0 Å². The molecule has 8 nitrogen and oxygen atoms in total. The average molecular weight is 293 g/mol. The lowest BCUT2D eigenvalue weighted by Gasteiger charge is -2.25. The highest BCUT2D eigenvalue weighted by atomic mass is 16.6. The average Bonchev–Trinajstić information content (AvgIpc) is 3.25. The first-order valence-corrected chi connectivity index (χ1v) is 6.47. The highest BCUT2D eigenvalue weighted by Crippen LogP contribution is 2.36. The van der Waals surface area contributed by atoms with Gasteiger partial charge in [0.25, 0.3) is 5.69 Å². The molecule has 1 aliphatic rings. The van der Waals surface area contributed by atoms with Gasteiger partial charge in [0.15, 0.2) is 0 Å². The predicted molar refractivity (Wildman–Crippen MR) is 73.2 cm³/mol. The maximum atomic E-state index is 12.1. The summed E-state index contributed by atoms with van der Waals surface area (Å²) in [6.07, 6.45) is 0.262. The number of nitro benzene ring substituents is 1. The van der Waals surface area contributed by atoms with Gasteiger partial charge in [0, 0.05) is 30.5 Å². The number of hydrogen-bond donors (Lipinski definition) is 0. The van der Waals surface area contributed by atoms with Gasteiger partial charge in [0.2, 0.25) is 11.9 Å². The molecular formula is C13H15N3O5. The fourth-order valence-electron chi connectivity index (χ4n) is 2.25. The summed E-state index contributed by atoms with van der Waals surface area (Å²) in [4.78, 5) is 34.0. The minimum Gasteiger partial charge on any atom is -0.339 e. The largest absolute Gasteiger partial charge is 0.339 e. The van der Waals surface area contributed by atoms with Crippen molar-refractivity contribution in [1.82, 2.24) is 4.90 Å². The molecule has 3 atom stereocenters. The Kier molecular flexibility index (Phi) is 3.88. The van der Waals surface area contributed by atoms with Crippen LogP contribution >= 0.6 is 0 Å². The minimum atomic E-state index is -0.794. The van der Waals surface area contributed by atoms with Crippen LogP contribution in [0.3, 0.4) is 0 Å². The van der Waals surface area contributed by atoms with Gasteiger partial charge in [-0.25, -0.2) is 0 Å². The van der Waals surface area contributed by atoms with Crippen molar-refractivity contribution in [2.45, 2.75) is 25.4 Å². The Morgan fingerprint density at radius 1 is 1.38 bits per heavy atom. The zero-order valence-electron chi connectivity index (χ0n) is 11.6. The second-order valence-electron chi connectivity index (χ2n) is 5.17. The molecule has 0 heterocycles. The molecule has 0 saturated heterocycles. The SMILES string of the molecule is C[C@H](c1cccc([N+](=O)[O-])c1)N(C)C(=O)[C@@H]1C[C@H]1[N+](=O)[O-]. The van der Waals surface area contributed by atoms with Gasteiger partial charge < -0.3 is 4.90 Å². The second kappa shape index (κ2) is 5.47. The summed E-state index contributed by atoms with van der Waals surface area (Å²) >= 11 is 0. The van der Waals surface area contributed by atoms with Crippen LogP contribution in [0.1, 0.15) is 24.9 Å². The molecule has 21 heavy (non-hydrogen) atoms. The second-order valence-corrected chi connectivity index (χ2v) is 5.17. The molecule has 0 N–H and O–H groups in total. The molecular weight excluding hydrogens is 278 g/mol. The summed E-state index contributed by atoms with van der Waals surface area (Å²) in [5, 5.41) is 21.4. The van der Waals surface area contributed by atoms with Gasteiger partial charge in [-0.3, -0.25) is 25.0 Å². The Morgan fingerprint density at radius 3 is 2.57 bits per heavy atom. The summed E-state index contributed by atoms with van der Waals surface area (Å²) in [7, 11) is 1.56. The first-order valence-electron chi connectivity index (χ1n) is 6.47. The van der Waals surface area contributed by atoms with E-state index in [1.54, 1.807) is 26.1 Å². The van der Waals surface area contributed by atoms with E-state index >= 15 is 0 Å². The van der Waals surface area contributed by atoms with Gasteiger partial charge in [-0.1, -0.05) is 12.1 Å². The Labute approximate surface area is 120 Å². The maximum Gasteiger partial charge on any atom is 0.269 e. The van der Waals surface area contributed by atoms with Gasteiger partial charge in [-0.05, 0) is 12.5 Å². The molecule has 0 spiro atoms. The van der Waals surface area contributed by atoms with Crippen molar-refractivity contribution < 1.29 is 14.6 Å². The third kappa shape index (κ3) is 2.99. The molecule has 8 heteroatoms. The fourth-order valence-corrected chi connectivity index (χ4v) is 2.25. The molecule has 0 bridgehead atoms. The molecule has 1 aromatic carbocycles. The van der Waals surface area contributed by atoms with Crippen LogP contribution in [-0.2, 0) is 4.79 Å². The Morgan fingerprint density at radius 2 is 2.05 bits per heavy atom. The summed E-state index contributed by atoms with van der Waals surface area (Å²) in [5.41, 5.74) is 0.577. The standard InChI is InChI=1S/C13H15N3O5/c1-8(9-4-3-5-10(6-9)15(18)19)14(2)13(17)11-7-12(11)16(20)21/h3-6,8,11-12H,7H2,1-2H3/t8-,11-,12-/m1/s1. The molecule has 112 valence electrons. The van der Waals surface area contributed by atoms with Crippen molar-refractivity contribution in [3.63, 3.8) is 0 Å². The van der Waals surface area contributed by atoms with Crippen LogP contribution in [0.25, 0.3) is 0 Å².